The Hall–Kier alpha value is -1.40. The van der Waals surface area contributed by atoms with Crippen molar-refractivity contribution in [2.75, 3.05) is 0 Å². The van der Waals surface area contributed by atoms with Gasteiger partial charge < -0.3 is 0 Å². The molecule has 0 aliphatic carbocycles. The zero-order valence-electron chi connectivity index (χ0n) is 6.81. The molecular formula is C7H7N3O2S. The highest BCUT2D eigenvalue weighted by Crippen LogP contribution is 2.24. The van der Waals surface area contributed by atoms with E-state index >= 15 is 0 Å². The van der Waals surface area contributed by atoms with Crippen molar-refractivity contribution in [3.63, 3.8) is 0 Å². The Morgan fingerprint density at radius 2 is 2.54 bits per heavy atom. The Balaban J connectivity index is 2.56. The van der Waals surface area contributed by atoms with Crippen molar-refractivity contribution in [1.29, 1.82) is 0 Å². The van der Waals surface area contributed by atoms with Crippen molar-refractivity contribution in [1.82, 2.24) is 15.3 Å². The lowest BCUT2D eigenvalue weighted by Gasteiger charge is -1.91. The smallest absolute Gasteiger partial charge is 0.284 e. The summed E-state index contributed by atoms with van der Waals surface area (Å²) in [6.07, 6.45) is 1.68. The lowest BCUT2D eigenvalue weighted by atomic mass is 10.4. The molecule has 0 bridgehead atoms. The van der Waals surface area contributed by atoms with Crippen molar-refractivity contribution in [2.45, 2.75) is 0 Å². The number of fused-ring (bicyclic) bond motifs is 1. The van der Waals surface area contributed by atoms with Gasteiger partial charge in [-0.2, -0.15) is 5.10 Å². The number of aromatic nitrogens is 2. The van der Waals surface area contributed by atoms with Gasteiger partial charge in [-0.05, 0) is 6.07 Å². The third-order valence-corrected chi connectivity index (χ3v) is 2.95. The molecule has 0 spiro atoms. The van der Waals surface area contributed by atoms with Crippen LogP contribution in [0.2, 0.25) is 0 Å². The minimum Gasteiger partial charge on any atom is -0.288 e. The molecule has 1 amide bonds. The highest BCUT2D eigenvalue weighted by Gasteiger charge is 2.11. The summed E-state index contributed by atoms with van der Waals surface area (Å²) < 4.78 is 1.69. The van der Waals surface area contributed by atoms with Crippen molar-refractivity contribution >= 4 is 27.5 Å². The molecule has 0 atom stereocenters. The number of nitrogens with one attached hydrogen (secondary N) is 1. The van der Waals surface area contributed by atoms with Crippen LogP contribution in [0.4, 0.5) is 0 Å². The third kappa shape index (κ3) is 1.20. The van der Waals surface area contributed by atoms with E-state index in [1.807, 2.05) is 0 Å². The van der Waals surface area contributed by atoms with E-state index in [0.717, 1.165) is 10.2 Å². The van der Waals surface area contributed by atoms with Crippen LogP contribution >= 0.6 is 11.3 Å². The second kappa shape index (κ2) is 2.82. The predicted octanol–water partition coefficient (Wildman–Crippen LogP) is 0.754. The van der Waals surface area contributed by atoms with Gasteiger partial charge in [0.05, 0.1) is 11.1 Å². The number of aryl methyl sites for hydroxylation is 1. The molecule has 2 aromatic rings. The van der Waals surface area contributed by atoms with E-state index < -0.39 is 5.91 Å². The molecular weight excluding hydrogens is 190 g/mol. The fraction of sp³-hybridized carbons (Fsp3) is 0.143. The second-order valence-corrected chi connectivity index (χ2v) is 3.61. The van der Waals surface area contributed by atoms with Crippen molar-refractivity contribution in [3.8, 4) is 0 Å². The molecule has 2 aromatic heterocycles. The van der Waals surface area contributed by atoms with Crippen LogP contribution in [-0.2, 0) is 7.05 Å². The monoisotopic (exact) mass is 197 g/mol. The van der Waals surface area contributed by atoms with Crippen LogP contribution in [-0.4, -0.2) is 20.9 Å². The topological polar surface area (TPSA) is 67.2 Å². The van der Waals surface area contributed by atoms with Crippen LogP contribution in [0.5, 0.6) is 0 Å². The van der Waals surface area contributed by atoms with E-state index in [1.54, 1.807) is 29.5 Å². The van der Waals surface area contributed by atoms with Gasteiger partial charge in [-0.3, -0.25) is 14.7 Å². The van der Waals surface area contributed by atoms with Gasteiger partial charge in [0.2, 0.25) is 0 Å². The Labute approximate surface area is 77.6 Å². The molecule has 2 heterocycles. The molecule has 0 radical (unpaired) electrons. The fourth-order valence-corrected chi connectivity index (χ4v) is 2.05. The van der Waals surface area contributed by atoms with Gasteiger partial charge in [0, 0.05) is 12.4 Å². The summed E-state index contributed by atoms with van der Waals surface area (Å²) in [5.41, 5.74) is 1.59. The molecule has 2 N–H and O–H groups in total. The number of rotatable bonds is 1. The molecule has 0 aliphatic rings. The summed E-state index contributed by atoms with van der Waals surface area (Å²) in [7, 11) is 1.81. The van der Waals surface area contributed by atoms with Gasteiger partial charge in [-0.15, -0.1) is 11.3 Å². The van der Waals surface area contributed by atoms with Crippen molar-refractivity contribution in [2.24, 2.45) is 7.05 Å². The Kier molecular flexibility index (Phi) is 1.78. The molecule has 0 aromatic carbocycles. The van der Waals surface area contributed by atoms with Gasteiger partial charge in [0.25, 0.3) is 5.91 Å². The van der Waals surface area contributed by atoms with Gasteiger partial charge in [0.15, 0.2) is 0 Å². The molecule has 0 saturated carbocycles. The number of carbonyl (C=O) groups excluding carboxylic acids is 1. The fourth-order valence-electron chi connectivity index (χ4n) is 1.11. The summed E-state index contributed by atoms with van der Waals surface area (Å²) >= 11 is 1.29. The standard InChI is InChI=1S/C7H7N3O2S/c1-10-7-4(3-8-10)2-5(13-7)6(11)9-12/h2-3,12H,1H3,(H,9,11). The number of hydroxylamine groups is 1. The highest BCUT2D eigenvalue weighted by atomic mass is 32.1. The number of nitrogens with zero attached hydrogens (tertiary/aromatic N) is 2. The quantitative estimate of drug-likeness (QED) is 0.523. The second-order valence-electron chi connectivity index (χ2n) is 2.58. The first-order valence-corrected chi connectivity index (χ1v) is 4.40. The van der Waals surface area contributed by atoms with E-state index in [1.165, 1.54) is 11.3 Å². The molecule has 0 aliphatic heterocycles. The van der Waals surface area contributed by atoms with Gasteiger partial charge in [-0.25, -0.2) is 5.48 Å². The van der Waals surface area contributed by atoms with Crippen molar-refractivity contribution < 1.29 is 10.0 Å². The van der Waals surface area contributed by atoms with Crippen LogP contribution < -0.4 is 5.48 Å². The molecule has 6 heteroatoms. The molecule has 0 fully saturated rings. The Morgan fingerprint density at radius 3 is 3.15 bits per heavy atom. The van der Waals surface area contributed by atoms with E-state index in [-0.39, 0.29) is 0 Å². The van der Waals surface area contributed by atoms with Crippen LogP contribution in [0.25, 0.3) is 10.2 Å². The van der Waals surface area contributed by atoms with Crippen LogP contribution in [0.3, 0.4) is 0 Å². The number of hydrogen-bond donors (Lipinski definition) is 2. The van der Waals surface area contributed by atoms with Gasteiger partial charge in [-0.1, -0.05) is 0 Å². The van der Waals surface area contributed by atoms with E-state index in [9.17, 15) is 4.79 Å². The average molecular weight is 197 g/mol. The molecule has 68 valence electrons. The maximum Gasteiger partial charge on any atom is 0.284 e. The van der Waals surface area contributed by atoms with E-state index in [2.05, 4.69) is 5.10 Å². The minimum absolute atomic E-state index is 0.477. The third-order valence-electron chi connectivity index (χ3n) is 1.73. The SMILES string of the molecule is Cn1ncc2cc(C(=O)NO)sc21. The molecule has 2 rings (SSSR count). The molecule has 0 unspecified atom stereocenters. The first kappa shape index (κ1) is 8.21. The number of hydrogen-bond acceptors (Lipinski definition) is 4. The van der Waals surface area contributed by atoms with Gasteiger partial charge in [0.1, 0.15) is 4.83 Å². The Bertz CT molecular complexity index is 459. The molecule has 5 nitrogen and oxygen atoms in total. The van der Waals surface area contributed by atoms with Crippen LogP contribution in [0.1, 0.15) is 9.67 Å². The van der Waals surface area contributed by atoms with Gasteiger partial charge >= 0.3 is 0 Å². The Morgan fingerprint density at radius 1 is 1.77 bits per heavy atom. The maximum absolute atomic E-state index is 11.0. The normalized spacial score (nSPS) is 10.6. The minimum atomic E-state index is -0.485. The zero-order valence-corrected chi connectivity index (χ0v) is 7.63. The van der Waals surface area contributed by atoms with E-state index in [4.69, 9.17) is 5.21 Å². The summed E-state index contributed by atoms with van der Waals surface area (Å²) in [4.78, 5) is 12.4. The zero-order chi connectivity index (χ0) is 9.42. The maximum atomic E-state index is 11.0. The largest absolute Gasteiger partial charge is 0.288 e. The molecule has 13 heavy (non-hydrogen) atoms. The van der Waals surface area contributed by atoms with E-state index in [0.29, 0.717) is 4.88 Å². The number of amides is 1. The lowest BCUT2D eigenvalue weighted by Crippen LogP contribution is -2.16. The summed E-state index contributed by atoms with van der Waals surface area (Å²) in [6.45, 7) is 0. The summed E-state index contributed by atoms with van der Waals surface area (Å²) in [6, 6.07) is 1.69. The van der Waals surface area contributed by atoms with Crippen molar-refractivity contribution in [3.05, 3.63) is 17.1 Å². The first-order valence-electron chi connectivity index (χ1n) is 3.58. The van der Waals surface area contributed by atoms with Crippen LogP contribution in [0.15, 0.2) is 12.3 Å². The number of thiophene rings is 1. The highest BCUT2D eigenvalue weighted by molar-refractivity contribution is 7.20. The summed E-state index contributed by atoms with van der Waals surface area (Å²) in [5, 5.41) is 13.3. The first-order chi connectivity index (χ1) is 6.22. The predicted molar refractivity (Wildman–Crippen MR) is 47.8 cm³/mol. The number of carbonyl (C=O) groups is 1. The van der Waals surface area contributed by atoms with Crippen LogP contribution in [0, 0.1) is 0 Å². The molecule has 0 saturated heterocycles. The lowest BCUT2D eigenvalue weighted by molar-refractivity contribution is 0.0711. The average Bonchev–Trinajstić information content (AvgIpc) is 2.67. The summed E-state index contributed by atoms with van der Waals surface area (Å²) in [5.74, 6) is -0.485.